The third-order valence-electron chi connectivity index (χ3n) is 5.23. The van der Waals surface area contributed by atoms with Gasteiger partial charge in [0.05, 0.1) is 23.0 Å². The topological polar surface area (TPSA) is 78.0 Å². The maximum atomic E-state index is 12.8. The fourth-order valence-corrected chi connectivity index (χ4v) is 5.19. The van der Waals surface area contributed by atoms with Gasteiger partial charge in [0.1, 0.15) is 0 Å². The van der Waals surface area contributed by atoms with Gasteiger partial charge in [0, 0.05) is 26.2 Å². The molecule has 28 heavy (non-hydrogen) atoms. The zero-order valence-corrected chi connectivity index (χ0v) is 16.1. The second-order valence-corrected chi connectivity index (χ2v) is 8.81. The van der Waals surface area contributed by atoms with E-state index in [0.717, 1.165) is 0 Å². The van der Waals surface area contributed by atoms with Gasteiger partial charge in [-0.2, -0.15) is 4.31 Å². The molecule has 1 atom stereocenters. The van der Waals surface area contributed by atoms with Crippen LogP contribution in [0.5, 0.6) is 0 Å². The number of piperazine rings is 1. The molecule has 2 fully saturated rings. The van der Waals surface area contributed by atoms with E-state index in [-0.39, 0.29) is 23.1 Å². The molecule has 7 nitrogen and oxygen atoms in total. The molecule has 0 saturated carbocycles. The van der Waals surface area contributed by atoms with Crippen molar-refractivity contribution in [1.29, 1.82) is 0 Å². The minimum absolute atomic E-state index is 0.124. The summed E-state index contributed by atoms with van der Waals surface area (Å²) in [5.74, 6) is -0.462. The molecule has 2 amide bonds. The number of carbonyl (C=O) groups is 2. The maximum Gasteiger partial charge on any atom is 0.251 e. The molecule has 2 saturated heterocycles. The zero-order valence-electron chi connectivity index (χ0n) is 15.3. The van der Waals surface area contributed by atoms with Gasteiger partial charge in [-0.1, -0.05) is 36.4 Å². The van der Waals surface area contributed by atoms with Gasteiger partial charge in [0.25, 0.3) is 5.91 Å². The van der Waals surface area contributed by atoms with E-state index in [1.165, 1.54) is 9.21 Å². The summed E-state index contributed by atoms with van der Waals surface area (Å²) in [4.78, 5) is 28.7. The molecule has 2 aliphatic rings. The van der Waals surface area contributed by atoms with Crippen LogP contribution in [0.25, 0.3) is 0 Å². The first kappa shape index (κ1) is 18.8. The quantitative estimate of drug-likeness (QED) is 0.725. The van der Waals surface area contributed by atoms with Crippen molar-refractivity contribution in [3.05, 3.63) is 60.7 Å². The van der Waals surface area contributed by atoms with Crippen LogP contribution in [0.3, 0.4) is 0 Å². The van der Waals surface area contributed by atoms with E-state index < -0.39 is 16.1 Å². The first-order valence-corrected chi connectivity index (χ1v) is 10.6. The van der Waals surface area contributed by atoms with Gasteiger partial charge in [0.15, 0.2) is 0 Å². The summed E-state index contributed by atoms with van der Waals surface area (Å²) in [6, 6.07) is 16.7. The highest BCUT2D eigenvalue weighted by Crippen LogP contribution is 2.27. The molecule has 2 aromatic rings. The molecule has 2 aliphatic heterocycles. The molecule has 0 spiro atoms. The van der Waals surface area contributed by atoms with Crippen molar-refractivity contribution in [3.8, 4) is 0 Å². The van der Waals surface area contributed by atoms with Gasteiger partial charge in [-0.15, -0.1) is 0 Å². The smallest absolute Gasteiger partial charge is 0.251 e. The van der Waals surface area contributed by atoms with E-state index in [0.29, 0.717) is 31.9 Å². The minimum Gasteiger partial charge on any atom is -0.289 e. The lowest BCUT2D eigenvalue weighted by atomic mass is 10.2. The Morgan fingerprint density at radius 3 is 1.96 bits per heavy atom. The Balaban J connectivity index is 1.45. The van der Waals surface area contributed by atoms with E-state index in [9.17, 15) is 18.0 Å². The Bertz CT molecular complexity index is 971. The van der Waals surface area contributed by atoms with E-state index in [2.05, 4.69) is 0 Å². The Morgan fingerprint density at radius 1 is 0.786 bits per heavy atom. The van der Waals surface area contributed by atoms with Gasteiger partial charge in [-0.05, 0) is 24.3 Å². The second kappa shape index (κ2) is 7.46. The molecular formula is C20H21N3O4S. The predicted molar refractivity (Wildman–Crippen MR) is 104 cm³/mol. The molecule has 2 aromatic carbocycles. The lowest BCUT2D eigenvalue weighted by molar-refractivity contribution is -0.123. The zero-order chi connectivity index (χ0) is 19.7. The predicted octanol–water partition coefficient (Wildman–Crippen LogP) is 1.32. The average molecular weight is 399 g/mol. The average Bonchev–Trinajstić information content (AvgIpc) is 3.03. The van der Waals surface area contributed by atoms with Crippen molar-refractivity contribution < 1.29 is 18.0 Å². The molecule has 0 aliphatic carbocycles. The van der Waals surface area contributed by atoms with Gasteiger partial charge in [0.2, 0.25) is 15.9 Å². The van der Waals surface area contributed by atoms with E-state index in [4.69, 9.17) is 0 Å². The second-order valence-electron chi connectivity index (χ2n) is 6.88. The molecular weight excluding hydrogens is 378 g/mol. The molecule has 0 bridgehead atoms. The summed E-state index contributed by atoms with van der Waals surface area (Å²) in [6.07, 6.45) is 0.124. The number of anilines is 1. The summed E-state index contributed by atoms with van der Waals surface area (Å²) in [7, 11) is -3.54. The molecule has 4 rings (SSSR count). The van der Waals surface area contributed by atoms with Gasteiger partial charge in [-0.25, -0.2) is 13.3 Å². The van der Waals surface area contributed by atoms with Crippen LogP contribution in [0.2, 0.25) is 0 Å². The number of hydrogen-bond acceptors (Lipinski definition) is 5. The Kier molecular flexibility index (Phi) is 5.01. The summed E-state index contributed by atoms with van der Waals surface area (Å²) in [6.45, 7) is 1.41. The number of rotatable bonds is 4. The molecule has 0 N–H and O–H groups in total. The van der Waals surface area contributed by atoms with Gasteiger partial charge >= 0.3 is 0 Å². The van der Waals surface area contributed by atoms with E-state index >= 15 is 0 Å². The van der Waals surface area contributed by atoms with Crippen molar-refractivity contribution in [1.82, 2.24) is 9.21 Å². The number of carbonyl (C=O) groups excluding carboxylic acids is 2. The van der Waals surface area contributed by atoms with Crippen molar-refractivity contribution >= 4 is 27.5 Å². The Morgan fingerprint density at radius 2 is 1.36 bits per heavy atom. The van der Waals surface area contributed by atoms with Crippen LogP contribution < -0.4 is 4.90 Å². The number of sulfonamides is 1. The third kappa shape index (κ3) is 3.34. The van der Waals surface area contributed by atoms with Crippen molar-refractivity contribution in [2.24, 2.45) is 0 Å². The lowest BCUT2D eigenvalue weighted by Crippen LogP contribution is -2.53. The highest BCUT2D eigenvalue weighted by molar-refractivity contribution is 7.89. The molecule has 8 heteroatoms. The SMILES string of the molecule is O=C1C[C@@H](N2CCN(S(=O)(=O)c3ccccc3)CC2)C(=O)N1c1ccccc1. The summed E-state index contributed by atoms with van der Waals surface area (Å²) < 4.78 is 26.9. The van der Waals surface area contributed by atoms with E-state index in [1.807, 2.05) is 11.0 Å². The number of imide groups is 1. The standard InChI is InChI=1S/C20H21N3O4S/c24-19-15-18(20(25)23(19)16-7-3-1-4-8-16)21-11-13-22(14-12-21)28(26,27)17-9-5-2-6-10-17/h1-10,18H,11-15H2/t18-/m1/s1. The molecule has 0 radical (unpaired) electrons. The van der Waals surface area contributed by atoms with Gasteiger partial charge in [-0.3, -0.25) is 14.5 Å². The molecule has 0 unspecified atom stereocenters. The van der Waals surface area contributed by atoms with Crippen molar-refractivity contribution in [2.75, 3.05) is 31.1 Å². The fraction of sp³-hybridized carbons (Fsp3) is 0.300. The van der Waals surface area contributed by atoms with Crippen LogP contribution in [-0.4, -0.2) is 61.7 Å². The summed E-state index contributed by atoms with van der Waals surface area (Å²) in [5.41, 5.74) is 0.574. The van der Waals surface area contributed by atoms with Crippen LogP contribution in [0.15, 0.2) is 65.6 Å². The molecule has 2 heterocycles. The maximum absolute atomic E-state index is 12.8. The van der Waals surface area contributed by atoms with Crippen LogP contribution >= 0.6 is 0 Å². The van der Waals surface area contributed by atoms with Crippen LogP contribution in [0.1, 0.15) is 6.42 Å². The lowest BCUT2D eigenvalue weighted by Gasteiger charge is -2.36. The Hall–Kier alpha value is -2.55. The largest absolute Gasteiger partial charge is 0.289 e. The number of nitrogens with zero attached hydrogens (tertiary/aromatic N) is 3. The first-order chi connectivity index (χ1) is 13.5. The summed E-state index contributed by atoms with van der Waals surface area (Å²) in [5, 5.41) is 0. The number of para-hydroxylation sites is 1. The third-order valence-corrected chi connectivity index (χ3v) is 7.15. The molecule has 0 aromatic heterocycles. The normalized spacial score (nSPS) is 22.0. The number of benzene rings is 2. The molecule has 146 valence electrons. The number of amides is 2. The highest BCUT2D eigenvalue weighted by Gasteiger charge is 2.44. The van der Waals surface area contributed by atoms with Crippen LogP contribution in [0, 0.1) is 0 Å². The van der Waals surface area contributed by atoms with Crippen molar-refractivity contribution in [3.63, 3.8) is 0 Å². The van der Waals surface area contributed by atoms with Crippen LogP contribution in [0.4, 0.5) is 5.69 Å². The first-order valence-electron chi connectivity index (χ1n) is 9.19. The number of hydrogen-bond donors (Lipinski definition) is 0. The highest BCUT2D eigenvalue weighted by atomic mass is 32.2. The fourth-order valence-electron chi connectivity index (χ4n) is 3.75. The summed E-state index contributed by atoms with van der Waals surface area (Å²) >= 11 is 0. The van der Waals surface area contributed by atoms with E-state index in [1.54, 1.807) is 54.6 Å². The van der Waals surface area contributed by atoms with Gasteiger partial charge < -0.3 is 0 Å². The van der Waals surface area contributed by atoms with Crippen molar-refractivity contribution in [2.45, 2.75) is 17.4 Å². The Labute approximate surface area is 164 Å². The van der Waals surface area contributed by atoms with Crippen LogP contribution in [-0.2, 0) is 19.6 Å². The minimum atomic E-state index is -3.54. The monoisotopic (exact) mass is 399 g/mol.